The van der Waals surface area contributed by atoms with E-state index in [2.05, 4.69) is 48.5 Å². The van der Waals surface area contributed by atoms with E-state index < -0.39 is 16.6 Å². The number of hydrogen-bond acceptors (Lipinski definition) is 3. The Labute approximate surface area is 140 Å². The predicted molar refractivity (Wildman–Crippen MR) is 101 cm³/mol. The molecule has 0 aliphatic rings. The maximum Gasteiger partial charge on any atom is 0.263 e. The SMILES string of the molecule is CC[Si](CC)(CC)O/C(=C/[C@@H](C)O[Si](CC)(CC)CC)OC. The first-order chi connectivity index (χ1) is 10.4. The summed E-state index contributed by atoms with van der Waals surface area (Å²) in [5.74, 6) is 0.663. The Bertz CT molecular complexity index is 307. The lowest BCUT2D eigenvalue weighted by Crippen LogP contribution is -2.39. The van der Waals surface area contributed by atoms with E-state index in [-0.39, 0.29) is 6.10 Å². The van der Waals surface area contributed by atoms with Crippen LogP contribution in [0.25, 0.3) is 0 Å². The summed E-state index contributed by atoms with van der Waals surface area (Å²) >= 11 is 0. The van der Waals surface area contributed by atoms with Crippen molar-refractivity contribution in [2.75, 3.05) is 7.11 Å². The lowest BCUT2D eigenvalue weighted by molar-refractivity contribution is 0.133. The molecule has 0 aromatic carbocycles. The molecule has 132 valence electrons. The molecule has 0 unspecified atom stereocenters. The number of rotatable bonds is 12. The van der Waals surface area contributed by atoms with Crippen molar-refractivity contribution in [3.8, 4) is 0 Å². The second-order valence-corrected chi connectivity index (χ2v) is 15.5. The monoisotopic (exact) mass is 346 g/mol. The molecule has 22 heavy (non-hydrogen) atoms. The molecular formula is C17H38O3Si2. The topological polar surface area (TPSA) is 27.7 Å². The Hall–Kier alpha value is -0.266. The van der Waals surface area contributed by atoms with E-state index >= 15 is 0 Å². The quantitative estimate of drug-likeness (QED) is 0.325. The van der Waals surface area contributed by atoms with Crippen LogP contribution in [0.1, 0.15) is 48.5 Å². The zero-order valence-electron chi connectivity index (χ0n) is 16.1. The molecule has 0 aliphatic heterocycles. The zero-order valence-corrected chi connectivity index (χ0v) is 18.1. The number of methoxy groups -OCH3 is 1. The van der Waals surface area contributed by atoms with E-state index in [4.69, 9.17) is 13.6 Å². The molecule has 0 rings (SSSR count). The van der Waals surface area contributed by atoms with Crippen molar-refractivity contribution in [1.29, 1.82) is 0 Å². The summed E-state index contributed by atoms with van der Waals surface area (Å²) in [6.07, 6.45) is 2.09. The predicted octanol–water partition coefficient (Wildman–Crippen LogP) is 5.91. The van der Waals surface area contributed by atoms with Crippen molar-refractivity contribution in [3.63, 3.8) is 0 Å². The highest BCUT2D eigenvalue weighted by Gasteiger charge is 2.33. The van der Waals surface area contributed by atoms with Crippen LogP contribution in [-0.4, -0.2) is 29.8 Å². The van der Waals surface area contributed by atoms with Gasteiger partial charge in [-0.25, -0.2) is 0 Å². The summed E-state index contributed by atoms with van der Waals surface area (Å²) in [4.78, 5) is 0. The van der Waals surface area contributed by atoms with Crippen LogP contribution >= 0.6 is 0 Å². The van der Waals surface area contributed by atoms with Crippen LogP contribution < -0.4 is 0 Å². The molecule has 0 N–H and O–H groups in total. The van der Waals surface area contributed by atoms with Crippen LogP contribution in [0.5, 0.6) is 0 Å². The molecule has 0 radical (unpaired) electrons. The zero-order chi connectivity index (χ0) is 17.2. The van der Waals surface area contributed by atoms with Gasteiger partial charge >= 0.3 is 0 Å². The van der Waals surface area contributed by atoms with Crippen LogP contribution in [0.4, 0.5) is 0 Å². The first-order valence-corrected chi connectivity index (χ1v) is 14.1. The fourth-order valence-corrected chi connectivity index (χ4v) is 8.31. The molecule has 0 bridgehead atoms. The van der Waals surface area contributed by atoms with Crippen LogP contribution in [0, 0.1) is 0 Å². The minimum atomic E-state index is -1.69. The molecule has 0 aliphatic carbocycles. The average Bonchev–Trinajstić information content (AvgIpc) is 2.56. The van der Waals surface area contributed by atoms with Gasteiger partial charge in [-0.3, -0.25) is 0 Å². The molecule has 0 aromatic heterocycles. The van der Waals surface area contributed by atoms with Crippen LogP contribution in [-0.2, 0) is 13.6 Å². The Morgan fingerprint density at radius 3 is 1.55 bits per heavy atom. The molecule has 1 atom stereocenters. The van der Waals surface area contributed by atoms with Crippen molar-refractivity contribution < 1.29 is 13.6 Å². The Morgan fingerprint density at radius 1 is 0.818 bits per heavy atom. The summed E-state index contributed by atoms with van der Waals surface area (Å²) in [6, 6.07) is 6.85. The highest BCUT2D eigenvalue weighted by molar-refractivity contribution is 6.74. The summed E-state index contributed by atoms with van der Waals surface area (Å²) in [5, 5.41) is 0. The standard InChI is InChI=1S/C17H38O3Si2/c1-9-21(10-2,11-3)19-16(7)15-17(18-8)20-22(12-4,13-5)14-6/h15-16H,9-14H2,1-8H3/b17-15+/t16-/m1/s1. The molecule has 0 saturated carbocycles. The van der Waals surface area contributed by atoms with Gasteiger partial charge in [0.05, 0.1) is 13.2 Å². The fraction of sp³-hybridized carbons (Fsp3) is 0.882. The van der Waals surface area contributed by atoms with E-state index in [0.717, 1.165) is 18.1 Å². The van der Waals surface area contributed by atoms with Gasteiger partial charge in [-0.1, -0.05) is 41.5 Å². The molecule has 0 heterocycles. The molecule has 0 fully saturated rings. The van der Waals surface area contributed by atoms with E-state index in [1.807, 2.05) is 6.08 Å². The number of ether oxygens (including phenoxy) is 1. The second kappa shape index (κ2) is 10.5. The van der Waals surface area contributed by atoms with Gasteiger partial charge in [0.25, 0.3) is 14.3 Å². The first-order valence-electron chi connectivity index (χ1n) is 9.02. The Balaban J connectivity index is 5.03. The summed E-state index contributed by atoms with van der Waals surface area (Å²) < 4.78 is 18.3. The maximum atomic E-state index is 6.45. The first kappa shape index (κ1) is 21.7. The molecule has 0 amide bonds. The van der Waals surface area contributed by atoms with Gasteiger partial charge in [0.15, 0.2) is 8.32 Å². The lowest BCUT2D eigenvalue weighted by atomic mass is 10.4. The third-order valence-electron chi connectivity index (χ3n) is 5.19. The fourth-order valence-electron chi connectivity index (χ4n) is 2.94. The van der Waals surface area contributed by atoms with Gasteiger partial charge in [0.2, 0.25) is 0 Å². The molecule has 5 heteroatoms. The lowest BCUT2D eigenvalue weighted by Gasteiger charge is -2.32. The van der Waals surface area contributed by atoms with Gasteiger partial charge < -0.3 is 13.6 Å². The van der Waals surface area contributed by atoms with Crippen LogP contribution in [0.3, 0.4) is 0 Å². The molecule has 0 aromatic rings. The molecular weight excluding hydrogens is 308 g/mol. The molecule has 0 saturated heterocycles. The van der Waals surface area contributed by atoms with Crippen molar-refractivity contribution >= 4 is 16.6 Å². The minimum Gasteiger partial charge on any atom is -0.519 e. The van der Waals surface area contributed by atoms with Gasteiger partial charge in [0.1, 0.15) is 0 Å². The summed E-state index contributed by atoms with van der Waals surface area (Å²) in [5.41, 5.74) is 0. The van der Waals surface area contributed by atoms with Gasteiger partial charge in [-0.2, -0.15) is 0 Å². The molecule has 3 nitrogen and oxygen atoms in total. The van der Waals surface area contributed by atoms with E-state index in [0.29, 0.717) is 5.95 Å². The van der Waals surface area contributed by atoms with Gasteiger partial charge in [-0.05, 0) is 43.2 Å². The van der Waals surface area contributed by atoms with E-state index in [9.17, 15) is 0 Å². The van der Waals surface area contributed by atoms with E-state index in [1.165, 1.54) is 18.1 Å². The van der Waals surface area contributed by atoms with E-state index in [1.54, 1.807) is 7.11 Å². The summed E-state index contributed by atoms with van der Waals surface area (Å²) in [7, 11) is -1.58. The van der Waals surface area contributed by atoms with Crippen molar-refractivity contribution in [2.24, 2.45) is 0 Å². The highest BCUT2D eigenvalue weighted by Crippen LogP contribution is 2.27. The van der Waals surface area contributed by atoms with Crippen molar-refractivity contribution in [2.45, 2.75) is 90.8 Å². The second-order valence-electron chi connectivity index (χ2n) is 6.10. The normalized spacial score (nSPS) is 14.8. The Morgan fingerprint density at radius 2 is 1.23 bits per heavy atom. The van der Waals surface area contributed by atoms with Gasteiger partial charge in [-0.15, -0.1) is 0 Å². The van der Waals surface area contributed by atoms with Gasteiger partial charge in [0, 0.05) is 6.08 Å². The third kappa shape index (κ3) is 6.09. The minimum absolute atomic E-state index is 0.0544. The smallest absolute Gasteiger partial charge is 0.263 e. The number of hydrogen-bond donors (Lipinski definition) is 0. The third-order valence-corrected chi connectivity index (χ3v) is 14.4. The van der Waals surface area contributed by atoms with Crippen molar-refractivity contribution in [1.82, 2.24) is 0 Å². The Kier molecular flexibility index (Phi) is 10.4. The maximum absolute atomic E-state index is 6.45. The highest BCUT2D eigenvalue weighted by atomic mass is 28.4. The van der Waals surface area contributed by atoms with Crippen LogP contribution in [0.15, 0.2) is 12.0 Å². The average molecular weight is 347 g/mol. The van der Waals surface area contributed by atoms with Crippen LogP contribution in [0.2, 0.25) is 36.3 Å². The molecule has 0 spiro atoms. The summed E-state index contributed by atoms with van der Waals surface area (Å²) in [6.45, 7) is 15.6. The van der Waals surface area contributed by atoms with Crippen molar-refractivity contribution in [3.05, 3.63) is 12.0 Å². The largest absolute Gasteiger partial charge is 0.519 e.